The molecule has 4 nitrogen and oxygen atoms in total. The highest BCUT2D eigenvalue weighted by atomic mass is 35.5. The van der Waals surface area contributed by atoms with Gasteiger partial charge in [0.15, 0.2) is 6.23 Å². The Kier molecular flexibility index (Phi) is 4.81. The van der Waals surface area contributed by atoms with E-state index in [1.165, 1.54) is 12.2 Å². The molecule has 1 aliphatic heterocycles. The van der Waals surface area contributed by atoms with E-state index in [-0.39, 0.29) is 5.70 Å². The van der Waals surface area contributed by atoms with E-state index in [0.717, 1.165) is 17.9 Å². The normalized spacial score (nSPS) is 20.3. The van der Waals surface area contributed by atoms with E-state index in [4.69, 9.17) is 16.4 Å². The molecule has 84 valence electrons. The van der Waals surface area contributed by atoms with Crippen LogP contribution in [0, 0.1) is 0 Å². The Morgan fingerprint density at radius 2 is 2.47 bits per heavy atom. The van der Waals surface area contributed by atoms with Crippen LogP contribution in [0.15, 0.2) is 23.9 Å². The summed E-state index contributed by atoms with van der Waals surface area (Å²) in [5, 5.41) is 10.0. The molecular formula is C10H14ClNO3. The quantitative estimate of drug-likeness (QED) is 0.576. The number of rotatable bonds is 5. The Morgan fingerprint density at radius 3 is 3.07 bits per heavy atom. The molecule has 1 aliphatic rings. The molecule has 0 spiro atoms. The van der Waals surface area contributed by atoms with E-state index >= 15 is 0 Å². The number of aliphatic hydroxyl groups excluding tert-OH is 1. The minimum absolute atomic E-state index is 0.155. The zero-order valence-corrected chi connectivity index (χ0v) is 9.28. The highest BCUT2D eigenvalue weighted by Crippen LogP contribution is 2.17. The van der Waals surface area contributed by atoms with Crippen molar-refractivity contribution in [1.82, 2.24) is 5.06 Å². The number of unbranched alkanes of at least 4 members (excludes halogenated alkanes) is 1. The Hall–Kier alpha value is -0.840. The molecule has 0 radical (unpaired) electrons. The van der Waals surface area contributed by atoms with Crippen LogP contribution in [0.4, 0.5) is 0 Å². The van der Waals surface area contributed by atoms with Gasteiger partial charge in [-0.25, -0.2) is 5.06 Å². The predicted molar refractivity (Wildman–Crippen MR) is 56.8 cm³/mol. The third-order valence-electron chi connectivity index (χ3n) is 1.94. The molecule has 1 heterocycles. The van der Waals surface area contributed by atoms with Crippen molar-refractivity contribution in [2.75, 3.05) is 6.61 Å². The number of halogens is 1. The Bertz CT molecular complexity index is 288. The van der Waals surface area contributed by atoms with Gasteiger partial charge in [-0.2, -0.15) is 0 Å². The lowest BCUT2D eigenvalue weighted by Crippen LogP contribution is -2.37. The zero-order valence-electron chi connectivity index (χ0n) is 8.52. The summed E-state index contributed by atoms with van der Waals surface area (Å²) >= 11 is 5.36. The van der Waals surface area contributed by atoms with Crippen molar-refractivity contribution in [2.24, 2.45) is 0 Å². The number of nitrogens with zero attached hydrogens (tertiary/aromatic N) is 1. The van der Waals surface area contributed by atoms with Gasteiger partial charge in [0.05, 0.1) is 6.61 Å². The van der Waals surface area contributed by atoms with Crippen LogP contribution in [0.1, 0.15) is 19.8 Å². The molecule has 1 unspecified atom stereocenters. The summed E-state index contributed by atoms with van der Waals surface area (Å²) in [6, 6.07) is 0. The van der Waals surface area contributed by atoms with Crippen LogP contribution in [0.2, 0.25) is 0 Å². The van der Waals surface area contributed by atoms with Crippen molar-refractivity contribution in [3.05, 3.63) is 23.9 Å². The molecule has 15 heavy (non-hydrogen) atoms. The summed E-state index contributed by atoms with van der Waals surface area (Å²) in [6.07, 6.45) is 5.47. The van der Waals surface area contributed by atoms with Crippen LogP contribution >= 0.6 is 11.6 Å². The second kappa shape index (κ2) is 5.90. The van der Waals surface area contributed by atoms with Crippen LogP contribution in [0.3, 0.4) is 0 Å². The van der Waals surface area contributed by atoms with Gasteiger partial charge in [0.2, 0.25) is 0 Å². The molecule has 0 aromatic rings. The molecule has 0 amide bonds. The molecular weight excluding hydrogens is 218 g/mol. The molecule has 0 fully saturated rings. The number of allylic oxidation sites excluding steroid dienone is 3. The van der Waals surface area contributed by atoms with Crippen LogP contribution in [0.5, 0.6) is 0 Å². The van der Waals surface area contributed by atoms with E-state index < -0.39 is 11.5 Å². The third kappa shape index (κ3) is 3.34. The first-order chi connectivity index (χ1) is 7.16. The molecule has 0 aromatic heterocycles. The second-order valence-electron chi connectivity index (χ2n) is 3.14. The molecule has 1 rings (SSSR count). The Morgan fingerprint density at radius 1 is 1.73 bits per heavy atom. The lowest BCUT2D eigenvalue weighted by atomic mass is 10.3. The zero-order chi connectivity index (χ0) is 11.3. The van der Waals surface area contributed by atoms with Gasteiger partial charge in [-0.15, -0.1) is 0 Å². The summed E-state index contributed by atoms with van der Waals surface area (Å²) in [5.41, 5.74) is 0.155. The van der Waals surface area contributed by atoms with Gasteiger partial charge in [0, 0.05) is 0 Å². The van der Waals surface area contributed by atoms with Gasteiger partial charge >= 0.3 is 0 Å². The summed E-state index contributed by atoms with van der Waals surface area (Å²) in [5.74, 6) is 0. The van der Waals surface area contributed by atoms with Crippen LogP contribution in [-0.2, 0) is 9.63 Å². The fourth-order valence-electron chi connectivity index (χ4n) is 1.15. The van der Waals surface area contributed by atoms with Crippen molar-refractivity contribution in [2.45, 2.75) is 26.0 Å². The van der Waals surface area contributed by atoms with Crippen molar-refractivity contribution in [3.8, 4) is 0 Å². The van der Waals surface area contributed by atoms with Gasteiger partial charge in [-0.1, -0.05) is 19.4 Å². The fourth-order valence-corrected chi connectivity index (χ4v) is 1.29. The summed E-state index contributed by atoms with van der Waals surface area (Å²) < 4.78 is 0. The number of aliphatic hydroxyl groups is 1. The first-order valence-electron chi connectivity index (χ1n) is 4.85. The minimum Gasteiger partial charge on any atom is -0.368 e. The molecule has 0 aliphatic carbocycles. The summed E-state index contributed by atoms with van der Waals surface area (Å²) in [6.45, 7) is 2.47. The first kappa shape index (κ1) is 12.2. The van der Waals surface area contributed by atoms with Crippen molar-refractivity contribution in [3.63, 3.8) is 0 Å². The Labute approximate surface area is 93.7 Å². The number of carbonyl (C=O) groups excluding carboxylic acids is 1. The van der Waals surface area contributed by atoms with E-state index in [2.05, 4.69) is 0 Å². The number of carbonyl (C=O) groups is 1. The van der Waals surface area contributed by atoms with Gasteiger partial charge < -0.3 is 5.11 Å². The van der Waals surface area contributed by atoms with Crippen LogP contribution in [-0.4, -0.2) is 28.2 Å². The van der Waals surface area contributed by atoms with Crippen molar-refractivity contribution < 1.29 is 14.7 Å². The second-order valence-corrected chi connectivity index (χ2v) is 3.48. The largest absolute Gasteiger partial charge is 0.368 e. The molecule has 5 heteroatoms. The molecule has 1 atom stereocenters. The lowest BCUT2D eigenvalue weighted by Gasteiger charge is -2.29. The maximum atomic E-state index is 11.0. The molecule has 0 saturated heterocycles. The Balaban J connectivity index is 2.62. The number of hydrogen-bond donors (Lipinski definition) is 1. The van der Waals surface area contributed by atoms with Crippen LogP contribution < -0.4 is 0 Å². The topological polar surface area (TPSA) is 49.8 Å². The highest BCUT2D eigenvalue weighted by molar-refractivity contribution is 6.67. The lowest BCUT2D eigenvalue weighted by molar-refractivity contribution is -0.201. The number of hydrogen-bond acceptors (Lipinski definition) is 4. The SMILES string of the molecule is CCCCON1C(C(=O)Cl)=CC=CC1O. The smallest absolute Gasteiger partial charge is 0.270 e. The van der Waals surface area contributed by atoms with Gasteiger partial charge in [-0.3, -0.25) is 9.63 Å². The predicted octanol–water partition coefficient (Wildman–Crippen LogP) is 1.56. The van der Waals surface area contributed by atoms with E-state index in [1.54, 1.807) is 6.08 Å². The molecule has 0 saturated carbocycles. The van der Waals surface area contributed by atoms with Gasteiger partial charge in [-0.05, 0) is 30.2 Å². The van der Waals surface area contributed by atoms with Crippen LogP contribution in [0.25, 0.3) is 0 Å². The summed E-state index contributed by atoms with van der Waals surface area (Å²) in [7, 11) is 0. The van der Waals surface area contributed by atoms with E-state index in [0.29, 0.717) is 6.61 Å². The average Bonchev–Trinajstić information content (AvgIpc) is 2.20. The third-order valence-corrected chi connectivity index (χ3v) is 2.14. The first-order valence-corrected chi connectivity index (χ1v) is 5.23. The van der Waals surface area contributed by atoms with Crippen molar-refractivity contribution in [1.29, 1.82) is 0 Å². The van der Waals surface area contributed by atoms with E-state index in [1.807, 2.05) is 6.92 Å². The van der Waals surface area contributed by atoms with Gasteiger partial charge in [0.25, 0.3) is 5.24 Å². The standard InChI is InChI=1S/C10H14ClNO3/c1-2-3-7-15-12-8(10(11)14)5-4-6-9(12)13/h4-6,9,13H,2-3,7H2,1H3. The van der Waals surface area contributed by atoms with E-state index in [9.17, 15) is 9.90 Å². The maximum Gasteiger partial charge on any atom is 0.270 e. The monoisotopic (exact) mass is 231 g/mol. The molecule has 1 N–H and O–H groups in total. The molecule has 0 aromatic carbocycles. The van der Waals surface area contributed by atoms with Gasteiger partial charge in [0.1, 0.15) is 5.70 Å². The maximum absolute atomic E-state index is 11.0. The highest BCUT2D eigenvalue weighted by Gasteiger charge is 2.23. The summed E-state index contributed by atoms with van der Waals surface area (Å²) in [4.78, 5) is 16.3. The average molecular weight is 232 g/mol. The fraction of sp³-hybridized carbons (Fsp3) is 0.500. The minimum atomic E-state index is -0.954. The van der Waals surface area contributed by atoms with Crippen molar-refractivity contribution >= 4 is 16.8 Å². The molecule has 0 bridgehead atoms. The number of hydroxylamine groups is 2.